The fourth-order valence-electron chi connectivity index (χ4n) is 4.55. The Bertz CT molecular complexity index is 1360. The fraction of sp³-hybridized carbons (Fsp3) is 0.192. The van der Waals surface area contributed by atoms with E-state index in [2.05, 4.69) is 87.1 Å². The summed E-state index contributed by atoms with van der Waals surface area (Å²) in [4.78, 5) is 25.2. The van der Waals surface area contributed by atoms with Crippen LogP contribution in [0, 0.1) is 6.92 Å². The third kappa shape index (κ3) is 3.46. The number of amides is 1. The molecule has 1 amide bonds. The lowest BCUT2D eigenvalue weighted by atomic mass is 9.93. The van der Waals surface area contributed by atoms with E-state index < -0.39 is 0 Å². The van der Waals surface area contributed by atoms with E-state index in [0.29, 0.717) is 13.1 Å². The van der Waals surface area contributed by atoms with Crippen LogP contribution in [0.3, 0.4) is 0 Å². The van der Waals surface area contributed by atoms with E-state index in [0.717, 1.165) is 40.6 Å². The molecule has 0 spiro atoms. The number of aromatic nitrogens is 2. The zero-order chi connectivity index (χ0) is 22.2. The molecule has 1 aliphatic rings. The minimum absolute atomic E-state index is 0.0188. The van der Waals surface area contributed by atoms with Crippen LogP contribution in [-0.4, -0.2) is 57.2 Å². The topological polar surface area (TPSA) is 49.3 Å². The highest BCUT2D eigenvalue weighted by atomic mass is 28.1. The first-order chi connectivity index (χ1) is 15.6. The number of hydrogen-bond acceptors (Lipinski definition) is 4. The quantitative estimate of drug-likeness (QED) is 0.366. The SMILES string of the molecule is C=CC(=O)N1CCN(c2ncnc3cc(-c4c(C)ccc5ccccc45)c([Si])cc23)CC1. The van der Waals surface area contributed by atoms with Gasteiger partial charge >= 0.3 is 0 Å². The number of benzene rings is 3. The monoisotopic (exact) mass is 435 g/mol. The molecule has 3 aromatic carbocycles. The molecule has 4 aromatic rings. The third-order valence-corrected chi connectivity index (χ3v) is 6.64. The molecule has 0 saturated carbocycles. The summed E-state index contributed by atoms with van der Waals surface area (Å²) in [7, 11) is 3.89. The molecule has 5 nitrogen and oxygen atoms in total. The minimum atomic E-state index is -0.0188. The van der Waals surface area contributed by atoms with Crippen molar-refractivity contribution in [2.75, 3.05) is 31.1 Å². The van der Waals surface area contributed by atoms with Gasteiger partial charge in [-0.05, 0) is 46.5 Å². The summed E-state index contributed by atoms with van der Waals surface area (Å²) in [6, 6.07) is 17.1. The summed E-state index contributed by atoms with van der Waals surface area (Å²) in [5.41, 5.74) is 4.46. The maximum Gasteiger partial charge on any atom is 0.246 e. The van der Waals surface area contributed by atoms with Gasteiger partial charge < -0.3 is 9.80 Å². The van der Waals surface area contributed by atoms with Gasteiger partial charge in [0.25, 0.3) is 0 Å². The first-order valence-corrected chi connectivity index (χ1v) is 11.2. The van der Waals surface area contributed by atoms with Gasteiger partial charge in [0.05, 0.1) is 15.8 Å². The van der Waals surface area contributed by atoms with E-state index in [1.165, 1.54) is 28.0 Å². The van der Waals surface area contributed by atoms with Crippen molar-refractivity contribution >= 4 is 48.8 Å². The van der Waals surface area contributed by atoms with Gasteiger partial charge in [0.15, 0.2) is 0 Å². The number of piperazine rings is 1. The molecule has 3 radical (unpaired) electrons. The van der Waals surface area contributed by atoms with Gasteiger partial charge in [-0.3, -0.25) is 4.79 Å². The van der Waals surface area contributed by atoms with E-state index in [4.69, 9.17) is 0 Å². The normalized spacial score (nSPS) is 14.2. The number of nitrogens with zero attached hydrogens (tertiary/aromatic N) is 4. The maximum atomic E-state index is 11.9. The Morgan fingerprint density at radius 2 is 1.81 bits per heavy atom. The number of hydrogen-bond donors (Lipinski definition) is 0. The minimum Gasteiger partial charge on any atom is -0.352 e. The summed E-state index contributed by atoms with van der Waals surface area (Å²) in [6.45, 7) is 8.51. The van der Waals surface area contributed by atoms with Crippen LogP contribution in [0.5, 0.6) is 0 Å². The zero-order valence-corrected chi connectivity index (χ0v) is 19.0. The van der Waals surface area contributed by atoms with Gasteiger partial charge in [0, 0.05) is 31.6 Å². The lowest BCUT2D eigenvalue weighted by Crippen LogP contribution is -2.48. The number of anilines is 1. The Labute approximate surface area is 190 Å². The van der Waals surface area contributed by atoms with Crippen LogP contribution in [0.4, 0.5) is 5.82 Å². The Morgan fingerprint density at radius 3 is 2.59 bits per heavy atom. The molecule has 0 atom stereocenters. The molecule has 0 aliphatic carbocycles. The first-order valence-electron chi connectivity index (χ1n) is 10.7. The second-order valence-corrected chi connectivity index (χ2v) is 8.65. The molecule has 2 heterocycles. The van der Waals surface area contributed by atoms with Crippen molar-refractivity contribution in [3.8, 4) is 11.1 Å². The fourth-order valence-corrected chi connectivity index (χ4v) is 4.90. The molecule has 5 rings (SSSR count). The van der Waals surface area contributed by atoms with Gasteiger partial charge in [-0.15, -0.1) is 0 Å². The lowest BCUT2D eigenvalue weighted by Gasteiger charge is -2.35. The lowest BCUT2D eigenvalue weighted by molar-refractivity contribution is -0.126. The molecule has 1 fully saturated rings. The summed E-state index contributed by atoms with van der Waals surface area (Å²) < 4.78 is 0. The van der Waals surface area contributed by atoms with Gasteiger partial charge in [-0.1, -0.05) is 54.2 Å². The summed E-state index contributed by atoms with van der Waals surface area (Å²) in [6.07, 6.45) is 3.01. The van der Waals surface area contributed by atoms with Crippen molar-refractivity contribution in [2.24, 2.45) is 0 Å². The standard InChI is InChI=1S/C26H23N4OSi/c1-3-24(31)29-10-12-30(13-11-29)26-20-15-23(32)21(14-22(20)27-16-28-26)25-17(2)8-9-18-6-4-5-7-19(18)25/h3-9,14-16H,1,10-13H2,2H3. The van der Waals surface area contributed by atoms with Gasteiger partial charge in [-0.25, -0.2) is 9.97 Å². The van der Waals surface area contributed by atoms with E-state index in [1.54, 1.807) is 6.33 Å². The average molecular weight is 436 g/mol. The van der Waals surface area contributed by atoms with Gasteiger partial charge in [0.1, 0.15) is 12.1 Å². The maximum absolute atomic E-state index is 11.9. The Kier molecular flexibility index (Phi) is 5.23. The molecule has 0 unspecified atom stereocenters. The number of rotatable bonds is 3. The summed E-state index contributed by atoms with van der Waals surface area (Å²) >= 11 is 0. The van der Waals surface area contributed by atoms with Gasteiger partial charge in [-0.2, -0.15) is 0 Å². The molecule has 0 bridgehead atoms. The van der Waals surface area contributed by atoms with Crippen LogP contribution in [-0.2, 0) is 4.79 Å². The van der Waals surface area contributed by atoms with Crippen molar-refractivity contribution < 1.29 is 4.79 Å². The molecule has 1 saturated heterocycles. The largest absolute Gasteiger partial charge is 0.352 e. The number of aryl methyl sites for hydroxylation is 1. The van der Waals surface area contributed by atoms with Crippen molar-refractivity contribution in [3.63, 3.8) is 0 Å². The predicted octanol–water partition coefficient (Wildman–Crippen LogP) is 3.39. The van der Waals surface area contributed by atoms with Crippen molar-refractivity contribution in [2.45, 2.75) is 6.92 Å². The third-order valence-electron chi connectivity index (χ3n) is 6.23. The highest BCUT2D eigenvalue weighted by molar-refractivity contribution is 6.38. The molecular formula is C26H23N4OSi. The van der Waals surface area contributed by atoms with E-state index in [9.17, 15) is 4.79 Å². The smallest absolute Gasteiger partial charge is 0.246 e. The van der Waals surface area contributed by atoms with Crippen molar-refractivity contribution in [3.05, 3.63) is 73.1 Å². The van der Waals surface area contributed by atoms with Gasteiger partial charge in [0.2, 0.25) is 5.91 Å². The second-order valence-electron chi connectivity index (χ2n) is 8.11. The molecule has 157 valence electrons. The molecular weight excluding hydrogens is 412 g/mol. The molecule has 0 N–H and O–H groups in total. The highest BCUT2D eigenvalue weighted by Crippen LogP contribution is 2.33. The Balaban J connectivity index is 1.58. The van der Waals surface area contributed by atoms with E-state index in [-0.39, 0.29) is 5.91 Å². The van der Waals surface area contributed by atoms with Crippen LogP contribution in [0.25, 0.3) is 32.8 Å². The van der Waals surface area contributed by atoms with Crippen LogP contribution < -0.4 is 10.1 Å². The van der Waals surface area contributed by atoms with Crippen molar-refractivity contribution in [1.82, 2.24) is 14.9 Å². The number of carbonyl (C=O) groups excluding carboxylic acids is 1. The van der Waals surface area contributed by atoms with Crippen LogP contribution in [0.15, 0.2) is 67.5 Å². The molecule has 32 heavy (non-hydrogen) atoms. The van der Waals surface area contributed by atoms with E-state index in [1.807, 2.05) is 4.90 Å². The molecule has 1 aliphatic heterocycles. The van der Waals surface area contributed by atoms with Crippen LogP contribution >= 0.6 is 0 Å². The van der Waals surface area contributed by atoms with Crippen LogP contribution in [0.2, 0.25) is 0 Å². The summed E-state index contributed by atoms with van der Waals surface area (Å²) in [5.74, 6) is 0.885. The van der Waals surface area contributed by atoms with Crippen molar-refractivity contribution in [1.29, 1.82) is 0 Å². The Hall–Kier alpha value is -3.51. The van der Waals surface area contributed by atoms with E-state index >= 15 is 0 Å². The zero-order valence-electron chi connectivity index (χ0n) is 18.0. The second kappa shape index (κ2) is 8.20. The highest BCUT2D eigenvalue weighted by Gasteiger charge is 2.22. The van der Waals surface area contributed by atoms with Crippen LogP contribution in [0.1, 0.15) is 5.56 Å². The number of fused-ring (bicyclic) bond motifs is 2. The average Bonchev–Trinajstić information content (AvgIpc) is 2.83. The Morgan fingerprint density at radius 1 is 1.03 bits per heavy atom. The predicted molar refractivity (Wildman–Crippen MR) is 132 cm³/mol. The number of carbonyl (C=O) groups is 1. The summed E-state index contributed by atoms with van der Waals surface area (Å²) in [5, 5.41) is 4.45. The first kappa shape index (κ1) is 20.4. The molecule has 1 aromatic heterocycles. The molecule has 6 heteroatoms.